The first-order chi connectivity index (χ1) is 16.5. The summed E-state index contributed by atoms with van der Waals surface area (Å²) in [6.45, 7) is 1.05. The van der Waals surface area contributed by atoms with Gasteiger partial charge in [-0.3, -0.25) is 4.68 Å². The Morgan fingerprint density at radius 3 is 2.38 bits per heavy atom. The molecule has 4 rings (SSSR count). The fourth-order valence-electron chi connectivity index (χ4n) is 4.61. The van der Waals surface area contributed by atoms with E-state index in [1.54, 1.807) is 23.9 Å². The van der Waals surface area contributed by atoms with Gasteiger partial charge in [-0.05, 0) is 67.3 Å². The fraction of sp³-hybridized carbons (Fsp3) is 0.385. The van der Waals surface area contributed by atoms with Crippen LogP contribution in [0.15, 0.2) is 59.6 Å². The van der Waals surface area contributed by atoms with Crippen molar-refractivity contribution in [3.63, 3.8) is 0 Å². The first kappa shape index (κ1) is 24.4. The van der Waals surface area contributed by atoms with Crippen LogP contribution in [0.4, 0.5) is 4.39 Å². The van der Waals surface area contributed by atoms with Gasteiger partial charge in [-0.25, -0.2) is 9.18 Å². The van der Waals surface area contributed by atoms with Gasteiger partial charge in [0, 0.05) is 23.5 Å². The molecule has 180 valence electrons. The second-order valence-electron chi connectivity index (χ2n) is 8.69. The van der Waals surface area contributed by atoms with Gasteiger partial charge in [0.25, 0.3) is 0 Å². The van der Waals surface area contributed by atoms with Gasteiger partial charge >= 0.3 is 5.97 Å². The Morgan fingerprint density at radius 1 is 1.06 bits per heavy atom. The predicted octanol–water partition coefficient (Wildman–Crippen LogP) is 5.27. The van der Waals surface area contributed by atoms with Gasteiger partial charge in [0.1, 0.15) is 23.1 Å². The van der Waals surface area contributed by atoms with E-state index in [9.17, 15) is 9.18 Å². The minimum atomic E-state index is -0.927. The smallest absolute Gasteiger partial charge is 0.329 e. The zero-order chi connectivity index (χ0) is 23.9. The van der Waals surface area contributed by atoms with Crippen LogP contribution in [0, 0.1) is 17.7 Å². The third kappa shape index (κ3) is 6.05. The van der Waals surface area contributed by atoms with Crippen LogP contribution in [0.3, 0.4) is 0 Å². The number of halogens is 1. The Hall–Kier alpha value is -2.68. The lowest BCUT2D eigenvalue weighted by Gasteiger charge is -2.28. The first-order valence-electron chi connectivity index (χ1n) is 11.6. The second-order valence-corrected chi connectivity index (χ2v) is 9.70. The summed E-state index contributed by atoms with van der Waals surface area (Å²) in [6, 6.07) is 16.6. The molecule has 0 aliphatic heterocycles. The summed E-state index contributed by atoms with van der Waals surface area (Å²) < 4.78 is 21.0. The number of nitrogens with zero attached hydrogens (tertiary/aromatic N) is 2. The van der Waals surface area contributed by atoms with Crippen molar-refractivity contribution in [2.75, 3.05) is 19.1 Å². The van der Waals surface area contributed by atoms with Crippen molar-refractivity contribution >= 4 is 17.7 Å². The first-order valence-corrected chi connectivity index (χ1v) is 12.6. The summed E-state index contributed by atoms with van der Waals surface area (Å²) in [5, 5.41) is 14.8. The quantitative estimate of drug-likeness (QED) is 0.302. The molecule has 0 radical (unpaired) electrons. The molecule has 6 nitrogen and oxygen atoms in total. The zero-order valence-corrected chi connectivity index (χ0v) is 19.8. The van der Waals surface area contributed by atoms with E-state index in [1.165, 1.54) is 12.1 Å². The van der Waals surface area contributed by atoms with Crippen LogP contribution >= 0.6 is 11.8 Å². The van der Waals surface area contributed by atoms with E-state index in [-0.39, 0.29) is 12.4 Å². The molecule has 1 aromatic heterocycles. The molecule has 0 atom stereocenters. The van der Waals surface area contributed by atoms with Crippen molar-refractivity contribution < 1.29 is 19.0 Å². The van der Waals surface area contributed by atoms with Crippen LogP contribution < -0.4 is 5.73 Å². The summed E-state index contributed by atoms with van der Waals surface area (Å²) >= 11 is 1.57. The van der Waals surface area contributed by atoms with Crippen molar-refractivity contribution in [1.29, 1.82) is 0 Å². The molecule has 0 bridgehead atoms. The number of carboxylic acids is 1. The maximum Gasteiger partial charge on any atom is 0.329 e. The monoisotopic (exact) mass is 483 g/mol. The van der Waals surface area contributed by atoms with Crippen molar-refractivity contribution in [3.8, 4) is 22.4 Å². The molecule has 0 unspecified atom stereocenters. The van der Waals surface area contributed by atoms with Crippen molar-refractivity contribution in [1.82, 2.24) is 9.78 Å². The van der Waals surface area contributed by atoms with E-state index < -0.39 is 5.97 Å². The van der Waals surface area contributed by atoms with Crippen LogP contribution in [-0.2, 0) is 16.1 Å². The molecule has 8 heteroatoms. The number of nitrogens with two attached hydrogens (primary N) is 1. The highest BCUT2D eigenvalue weighted by Crippen LogP contribution is 2.40. The molecule has 1 aliphatic rings. The zero-order valence-electron chi connectivity index (χ0n) is 19.0. The van der Waals surface area contributed by atoms with E-state index in [0.29, 0.717) is 24.3 Å². The summed E-state index contributed by atoms with van der Waals surface area (Å²) in [6.07, 6.45) is 4.11. The molecule has 1 aliphatic carbocycles. The number of carbonyl (C=O) groups is 1. The van der Waals surface area contributed by atoms with Crippen LogP contribution in [-0.4, -0.2) is 39.9 Å². The molecule has 3 N–H and O–H groups in total. The lowest BCUT2D eigenvalue weighted by Crippen LogP contribution is -2.23. The number of ether oxygens (including phenoxy) is 1. The van der Waals surface area contributed by atoms with Gasteiger partial charge in [0.15, 0.2) is 0 Å². The summed E-state index contributed by atoms with van der Waals surface area (Å²) in [5.74, 6) is 0.106. The third-order valence-corrected chi connectivity index (χ3v) is 7.14. The molecule has 0 spiro atoms. The van der Waals surface area contributed by atoms with E-state index in [1.807, 2.05) is 18.2 Å². The molecule has 1 saturated carbocycles. The largest absolute Gasteiger partial charge is 0.480 e. The van der Waals surface area contributed by atoms with Gasteiger partial charge in [-0.15, -0.1) is 0 Å². The van der Waals surface area contributed by atoms with Gasteiger partial charge in [-0.2, -0.15) is 5.10 Å². The van der Waals surface area contributed by atoms with Crippen LogP contribution in [0.25, 0.3) is 22.4 Å². The van der Waals surface area contributed by atoms with Crippen LogP contribution in [0.1, 0.15) is 25.7 Å². The lowest BCUT2D eigenvalue weighted by atomic mass is 9.82. The Kier molecular flexibility index (Phi) is 8.37. The highest BCUT2D eigenvalue weighted by Gasteiger charge is 2.26. The Bertz CT molecular complexity index is 1080. The second kappa shape index (κ2) is 11.6. The Morgan fingerprint density at radius 2 is 1.74 bits per heavy atom. The minimum absolute atomic E-state index is 0.235. The molecule has 0 saturated heterocycles. The number of benzene rings is 2. The van der Waals surface area contributed by atoms with Crippen molar-refractivity contribution in [2.45, 2.75) is 37.3 Å². The number of thioether (sulfide) groups is 1. The molecule has 1 fully saturated rings. The Labute approximate surface area is 203 Å². The average Bonchev–Trinajstić information content (AvgIpc) is 3.19. The van der Waals surface area contributed by atoms with Crippen LogP contribution in [0.2, 0.25) is 0 Å². The Balaban J connectivity index is 1.58. The summed E-state index contributed by atoms with van der Waals surface area (Å²) in [4.78, 5) is 10.7. The molecular formula is C26H30FN3O3S. The highest BCUT2D eigenvalue weighted by molar-refractivity contribution is 7.99. The summed E-state index contributed by atoms with van der Waals surface area (Å²) in [7, 11) is 0. The summed E-state index contributed by atoms with van der Waals surface area (Å²) in [5.41, 5.74) is 9.77. The normalized spacial score (nSPS) is 18.2. The van der Waals surface area contributed by atoms with Gasteiger partial charge < -0.3 is 15.6 Å². The standard InChI is InChI=1S/C26H30FN3O3S/c27-22-12-10-21(11-13-22)25-24(20-4-2-1-3-5-20)26(34-17-28)30(29-25)14-18-6-8-19(9-7-18)15-33-16-23(31)32/h1-5,10-13,18-19H,6-9,14-17,28H2,(H,31,32)/t18-,19+. The van der Waals surface area contributed by atoms with Gasteiger partial charge in [-0.1, -0.05) is 42.1 Å². The van der Waals surface area contributed by atoms with Gasteiger partial charge in [0.2, 0.25) is 0 Å². The van der Waals surface area contributed by atoms with E-state index in [4.69, 9.17) is 20.7 Å². The SMILES string of the molecule is NCSc1c(-c2ccccc2)c(-c2ccc(F)cc2)nn1C[C@H]1CC[C@@H](COCC(=O)O)CC1. The van der Waals surface area contributed by atoms with Gasteiger partial charge in [0.05, 0.1) is 6.61 Å². The molecule has 3 aromatic rings. The molecule has 1 heterocycles. The fourth-order valence-corrected chi connectivity index (χ4v) is 5.39. The number of carboxylic acid groups (broad SMARTS) is 1. The molecular weight excluding hydrogens is 453 g/mol. The molecule has 0 amide bonds. The molecule has 34 heavy (non-hydrogen) atoms. The number of rotatable bonds is 10. The molecule has 2 aromatic carbocycles. The van der Waals surface area contributed by atoms with E-state index in [0.717, 1.165) is 59.6 Å². The van der Waals surface area contributed by atoms with E-state index >= 15 is 0 Å². The van der Waals surface area contributed by atoms with Crippen molar-refractivity contribution in [2.24, 2.45) is 17.6 Å². The number of aromatic nitrogens is 2. The predicted molar refractivity (Wildman–Crippen MR) is 132 cm³/mol. The maximum absolute atomic E-state index is 13.6. The van der Waals surface area contributed by atoms with Crippen LogP contribution in [0.5, 0.6) is 0 Å². The lowest BCUT2D eigenvalue weighted by molar-refractivity contribution is -0.142. The number of hydrogen-bond acceptors (Lipinski definition) is 5. The average molecular weight is 484 g/mol. The van der Waals surface area contributed by atoms with Crippen molar-refractivity contribution in [3.05, 3.63) is 60.4 Å². The topological polar surface area (TPSA) is 90.4 Å². The van der Waals surface area contributed by atoms with E-state index in [2.05, 4.69) is 16.8 Å². The number of aliphatic carboxylic acids is 1. The minimum Gasteiger partial charge on any atom is -0.480 e. The highest BCUT2D eigenvalue weighted by atomic mass is 32.2. The third-order valence-electron chi connectivity index (χ3n) is 6.28. The maximum atomic E-state index is 13.6. The number of hydrogen-bond donors (Lipinski definition) is 2.